The highest BCUT2D eigenvalue weighted by atomic mass is 15.3. The lowest BCUT2D eigenvalue weighted by Gasteiger charge is -2.22. The van der Waals surface area contributed by atoms with Crippen molar-refractivity contribution in [2.24, 2.45) is 5.92 Å². The SMILES string of the molecule is CC1CCC(=N)CN(c2nccc(Nc3ccc4[nH]ncc4c3)n2)C1. The zero-order valence-electron chi connectivity index (χ0n) is 14.2. The van der Waals surface area contributed by atoms with Gasteiger partial charge in [0, 0.05) is 29.5 Å². The third-order valence-electron chi connectivity index (χ3n) is 4.49. The number of anilines is 3. The summed E-state index contributed by atoms with van der Waals surface area (Å²) in [6.45, 7) is 3.70. The number of H-pyrrole nitrogens is 1. The first-order chi connectivity index (χ1) is 12.2. The molecule has 0 saturated carbocycles. The fourth-order valence-electron chi connectivity index (χ4n) is 3.15. The number of hydrogen-bond acceptors (Lipinski definition) is 6. The maximum atomic E-state index is 8.07. The lowest BCUT2D eigenvalue weighted by atomic mass is 10.1. The summed E-state index contributed by atoms with van der Waals surface area (Å²) >= 11 is 0. The van der Waals surface area contributed by atoms with Crippen LogP contribution in [0.4, 0.5) is 17.5 Å². The van der Waals surface area contributed by atoms with Gasteiger partial charge in [0.05, 0.1) is 18.3 Å². The van der Waals surface area contributed by atoms with E-state index in [-0.39, 0.29) is 0 Å². The largest absolute Gasteiger partial charge is 0.340 e. The summed E-state index contributed by atoms with van der Waals surface area (Å²) in [5, 5.41) is 19.4. The molecule has 1 aliphatic rings. The molecule has 3 N–H and O–H groups in total. The minimum Gasteiger partial charge on any atom is -0.340 e. The first-order valence-electron chi connectivity index (χ1n) is 8.52. The van der Waals surface area contributed by atoms with Crippen LogP contribution in [-0.4, -0.2) is 39.0 Å². The number of hydrogen-bond donors (Lipinski definition) is 3. The molecule has 0 spiro atoms. The molecule has 0 amide bonds. The van der Waals surface area contributed by atoms with E-state index in [1.165, 1.54) is 0 Å². The van der Waals surface area contributed by atoms with Crippen LogP contribution in [-0.2, 0) is 0 Å². The topological polar surface area (TPSA) is 93.6 Å². The van der Waals surface area contributed by atoms with Crippen molar-refractivity contribution in [3.05, 3.63) is 36.7 Å². The summed E-state index contributed by atoms with van der Waals surface area (Å²) in [6, 6.07) is 7.87. The molecule has 3 aromatic rings. The van der Waals surface area contributed by atoms with Crippen LogP contribution in [0.15, 0.2) is 36.7 Å². The summed E-state index contributed by atoms with van der Waals surface area (Å²) in [5.41, 5.74) is 2.71. The molecule has 4 rings (SSSR count). The molecule has 0 radical (unpaired) electrons. The first kappa shape index (κ1) is 15.6. The molecule has 3 heterocycles. The third-order valence-corrected chi connectivity index (χ3v) is 4.49. The highest BCUT2D eigenvalue weighted by Crippen LogP contribution is 2.22. The summed E-state index contributed by atoms with van der Waals surface area (Å²) < 4.78 is 0. The Kier molecular flexibility index (Phi) is 4.05. The van der Waals surface area contributed by atoms with Gasteiger partial charge in [0.15, 0.2) is 0 Å². The zero-order valence-corrected chi connectivity index (χ0v) is 14.2. The number of aromatic nitrogens is 4. The van der Waals surface area contributed by atoms with Gasteiger partial charge in [-0.3, -0.25) is 5.10 Å². The van der Waals surface area contributed by atoms with Crippen LogP contribution in [0.3, 0.4) is 0 Å². The van der Waals surface area contributed by atoms with Gasteiger partial charge in [0.1, 0.15) is 5.82 Å². The molecule has 1 aromatic carbocycles. The maximum Gasteiger partial charge on any atom is 0.227 e. The number of nitrogens with zero attached hydrogens (tertiary/aromatic N) is 4. The highest BCUT2D eigenvalue weighted by molar-refractivity contribution is 5.86. The van der Waals surface area contributed by atoms with E-state index in [1.807, 2.05) is 24.3 Å². The highest BCUT2D eigenvalue weighted by Gasteiger charge is 2.20. The second kappa shape index (κ2) is 6.51. The summed E-state index contributed by atoms with van der Waals surface area (Å²) in [5.74, 6) is 1.95. The van der Waals surface area contributed by atoms with Gasteiger partial charge in [-0.25, -0.2) is 4.98 Å². The van der Waals surface area contributed by atoms with Crippen LogP contribution >= 0.6 is 0 Å². The fraction of sp³-hybridized carbons (Fsp3) is 0.333. The smallest absolute Gasteiger partial charge is 0.227 e. The third kappa shape index (κ3) is 3.45. The van der Waals surface area contributed by atoms with E-state index in [0.717, 1.165) is 47.5 Å². The lowest BCUT2D eigenvalue weighted by molar-refractivity contribution is 0.552. The maximum absolute atomic E-state index is 8.07. The van der Waals surface area contributed by atoms with Crippen LogP contribution < -0.4 is 10.2 Å². The predicted molar refractivity (Wildman–Crippen MR) is 99.7 cm³/mol. The molecule has 1 fully saturated rings. The van der Waals surface area contributed by atoms with E-state index >= 15 is 0 Å². The second-order valence-corrected chi connectivity index (χ2v) is 6.67. The Morgan fingerprint density at radius 2 is 2.24 bits per heavy atom. The Balaban J connectivity index is 1.57. The van der Waals surface area contributed by atoms with Crippen molar-refractivity contribution < 1.29 is 0 Å². The minimum absolute atomic E-state index is 0.534. The Morgan fingerprint density at radius 3 is 3.16 bits per heavy atom. The van der Waals surface area contributed by atoms with Crippen molar-refractivity contribution in [2.45, 2.75) is 19.8 Å². The van der Waals surface area contributed by atoms with Gasteiger partial charge in [0.25, 0.3) is 0 Å². The van der Waals surface area contributed by atoms with Crippen molar-refractivity contribution in [1.82, 2.24) is 20.2 Å². The van der Waals surface area contributed by atoms with Gasteiger partial charge < -0.3 is 15.6 Å². The molecule has 7 nitrogen and oxygen atoms in total. The van der Waals surface area contributed by atoms with Gasteiger partial charge in [-0.1, -0.05) is 6.92 Å². The molecule has 2 aromatic heterocycles. The second-order valence-electron chi connectivity index (χ2n) is 6.67. The van der Waals surface area contributed by atoms with E-state index in [2.05, 4.69) is 37.3 Å². The average molecular weight is 335 g/mol. The molecule has 25 heavy (non-hydrogen) atoms. The van der Waals surface area contributed by atoms with E-state index in [9.17, 15) is 0 Å². The van der Waals surface area contributed by atoms with Crippen molar-refractivity contribution >= 4 is 34.1 Å². The Bertz CT molecular complexity index is 901. The standard InChI is InChI=1S/C18H21N7/c1-12-2-3-14(19)11-25(10-12)18-20-7-6-17(23-18)22-15-4-5-16-13(8-15)9-21-24-16/h4-9,12,19H,2-3,10-11H2,1H3,(H,21,24)(H,20,22,23). The van der Waals surface area contributed by atoms with Gasteiger partial charge in [0.2, 0.25) is 5.95 Å². The lowest BCUT2D eigenvalue weighted by Crippen LogP contribution is -2.31. The fourth-order valence-corrected chi connectivity index (χ4v) is 3.15. The molecule has 1 saturated heterocycles. The summed E-state index contributed by atoms with van der Waals surface area (Å²) in [4.78, 5) is 11.2. The normalized spacial score (nSPS) is 18.4. The summed E-state index contributed by atoms with van der Waals surface area (Å²) in [6.07, 6.45) is 5.48. The van der Waals surface area contributed by atoms with Crippen molar-refractivity contribution in [3.8, 4) is 0 Å². The molecular formula is C18H21N7. The molecule has 0 bridgehead atoms. The molecule has 1 unspecified atom stereocenters. The predicted octanol–water partition coefficient (Wildman–Crippen LogP) is 3.35. The average Bonchev–Trinajstić information content (AvgIpc) is 3.00. The number of benzene rings is 1. The van der Waals surface area contributed by atoms with Crippen molar-refractivity contribution in [2.75, 3.05) is 23.3 Å². The van der Waals surface area contributed by atoms with E-state index in [0.29, 0.717) is 18.4 Å². The van der Waals surface area contributed by atoms with Crippen LogP contribution in [0.1, 0.15) is 19.8 Å². The monoisotopic (exact) mass is 335 g/mol. The Morgan fingerprint density at radius 1 is 1.32 bits per heavy atom. The van der Waals surface area contributed by atoms with E-state index < -0.39 is 0 Å². The van der Waals surface area contributed by atoms with Crippen molar-refractivity contribution in [3.63, 3.8) is 0 Å². The van der Waals surface area contributed by atoms with Crippen molar-refractivity contribution in [1.29, 1.82) is 5.41 Å². The van der Waals surface area contributed by atoms with Gasteiger partial charge >= 0.3 is 0 Å². The molecular weight excluding hydrogens is 314 g/mol. The molecule has 7 heteroatoms. The number of nitrogens with one attached hydrogen (secondary N) is 3. The Hall–Kier alpha value is -2.96. The van der Waals surface area contributed by atoms with Gasteiger partial charge in [-0.15, -0.1) is 0 Å². The number of rotatable bonds is 3. The molecule has 1 aliphatic heterocycles. The number of aromatic amines is 1. The first-order valence-corrected chi connectivity index (χ1v) is 8.52. The molecule has 0 aliphatic carbocycles. The van der Waals surface area contributed by atoms with E-state index in [1.54, 1.807) is 12.4 Å². The zero-order chi connectivity index (χ0) is 17.2. The number of fused-ring (bicyclic) bond motifs is 1. The quantitative estimate of drug-likeness (QED) is 0.682. The summed E-state index contributed by atoms with van der Waals surface area (Å²) in [7, 11) is 0. The molecule has 128 valence electrons. The van der Waals surface area contributed by atoms with Gasteiger partial charge in [-0.2, -0.15) is 10.1 Å². The van der Waals surface area contributed by atoms with Crippen LogP contribution in [0, 0.1) is 11.3 Å². The molecule has 1 atom stereocenters. The van der Waals surface area contributed by atoms with E-state index in [4.69, 9.17) is 5.41 Å². The van der Waals surface area contributed by atoms with Crippen LogP contribution in [0.25, 0.3) is 10.9 Å². The van der Waals surface area contributed by atoms with Crippen LogP contribution in [0.2, 0.25) is 0 Å². The minimum atomic E-state index is 0.534. The Labute approximate surface area is 146 Å². The van der Waals surface area contributed by atoms with Crippen LogP contribution in [0.5, 0.6) is 0 Å². The van der Waals surface area contributed by atoms with Gasteiger partial charge in [-0.05, 0) is 43.0 Å².